The van der Waals surface area contributed by atoms with Gasteiger partial charge in [-0.2, -0.15) is 5.26 Å². The molecule has 23 heavy (non-hydrogen) atoms. The zero-order valence-corrected chi connectivity index (χ0v) is 11.8. The van der Waals surface area contributed by atoms with Gasteiger partial charge in [0.05, 0.1) is 4.92 Å². The van der Waals surface area contributed by atoms with Gasteiger partial charge in [0.25, 0.3) is 5.69 Å². The van der Waals surface area contributed by atoms with Crippen LogP contribution in [-0.4, -0.2) is 9.91 Å². The van der Waals surface area contributed by atoms with Crippen LogP contribution in [0.2, 0.25) is 0 Å². The number of aromatic nitrogens is 1. The third kappa shape index (κ3) is 2.87. The van der Waals surface area contributed by atoms with E-state index in [-0.39, 0.29) is 22.8 Å². The Morgan fingerprint density at radius 3 is 2.74 bits per heavy atom. The van der Waals surface area contributed by atoms with Gasteiger partial charge in [0.2, 0.25) is 5.89 Å². The van der Waals surface area contributed by atoms with Crippen LogP contribution < -0.4 is 5.32 Å². The molecule has 0 unspecified atom stereocenters. The van der Waals surface area contributed by atoms with Gasteiger partial charge < -0.3 is 9.73 Å². The first kappa shape index (κ1) is 14.3. The van der Waals surface area contributed by atoms with E-state index in [2.05, 4.69) is 10.3 Å². The average molecular weight is 306 g/mol. The third-order valence-corrected chi connectivity index (χ3v) is 3.12. The maximum absolute atomic E-state index is 11.0. The molecular weight excluding hydrogens is 296 g/mol. The number of oxazole rings is 1. The molecule has 0 bridgehead atoms. The summed E-state index contributed by atoms with van der Waals surface area (Å²) in [4.78, 5) is 14.7. The van der Waals surface area contributed by atoms with Crippen molar-refractivity contribution in [1.29, 1.82) is 5.26 Å². The zero-order chi connectivity index (χ0) is 16.2. The summed E-state index contributed by atoms with van der Waals surface area (Å²) in [5.74, 6) is 0.153. The molecule has 3 rings (SSSR count). The Morgan fingerprint density at radius 2 is 2.00 bits per heavy atom. The number of hydrogen-bond donors (Lipinski definition) is 1. The van der Waals surface area contributed by atoms with Gasteiger partial charge in [0, 0.05) is 12.3 Å². The van der Waals surface area contributed by atoms with Crippen LogP contribution in [0.1, 0.15) is 5.89 Å². The summed E-state index contributed by atoms with van der Waals surface area (Å²) in [5, 5.41) is 23.0. The number of nitro groups is 1. The number of nitro benzene ring substituents is 1. The molecule has 0 spiro atoms. The Labute approximate surface area is 130 Å². The zero-order valence-electron chi connectivity index (χ0n) is 11.8. The summed E-state index contributed by atoms with van der Waals surface area (Å²) < 4.78 is 5.51. The number of nitriles is 1. The predicted molar refractivity (Wildman–Crippen MR) is 84.3 cm³/mol. The number of anilines is 1. The minimum atomic E-state index is -0.498. The molecule has 0 aliphatic rings. The van der Waals surface area contributed by atoms with Gasteiger partial charge in [-0.05, 0) is 18.2 Å². The van der Waals surface area contributed by atoms with Gasteiger partial charge in [0.1, 0.15) is 22.8 Å². The van der Waals surface area contributed by atoms with E-state index in [1.54, 1.807) is 36.4 Å². The normalized spacial score (nSPS) is 11.2. The van der Waals surface area contributed by atoms with E-state index in [9.17, 15) is 15.4 Å². The molecule has 7 nitrogen and oxygen atoms in total. The fraction of sp³-hybridized carbons (Fsp3) is 0. The number of nitrogens with zero attached hydrogens (tertiary/aromatic N) is 3. The van der Waals surface area contributed by atoms with Crippen molar-refractivity contribution in [3.8, 4) is 6.07 Å². The minimum Gasteiger partial charge on any atom is -0.435 e. The van der Waals surface area contributed by atoms with Crippen molar-refractivity contribution in [2.75, 3.05) is 5.32 Å². The number of benzene rings is 2. The van der Waals surface area contributed by atoms with E-state index >= 15 is 0 Å². The predicted octanol–water partition coefficient (Wildman–Crippen LogP) is 3.71. The van der Waals surface area contributed by atoms with E-state index in [4.69, 9.17) is 4.42 Å². The first-order chi connectivity index (χ1) is 11.2. The maximum Gasteiger partial charge on any atom is 0.292 e. The number of nitrogens with one attached hydrogen (secondary N) is 1. The summed E-state index contributed by atoms with van der Waals surface area (Å²) in [6.07, 6.45) is 1.34. The molecule has 1 heterocycles. The van der Waals surface area contributed by atoms with E-state index in [0.29, 0.717) is 11.1 Å². The quantitative estimate of drug-likeness (QED) is 0.447. The Bertz CT molecular complexity index is 920. The second kappa shape index (κ2) is 5.99. The summed E-state index contributed by atoms with van der Waals surface area (Å²) in [6.45, 7) is 0. The SMILES string of the molecule is N#CC(=CNc1ccccc1[N+](=O)[O-])c1nc2ccccc2o1. The highest BCUT2D eigenvalue weighted by molar-refractivity contribution is 5.80. The summed E-state index contributed by atoms with van der Waals surface area (Å²) >= 11 is 0. The van der Waals surface area contributed by atoms with Crippen molar-refractivity contribution in [2.45, 2.75) is 0 Å². The molecule has 1 N–H and O–H groups in total. The third-order valence-electron chi connectivity index (χ3n) is 3.12. The van der Waals surface area contributed by atoms with Crippen LogP contribution in [0.15, 0.2) is 59.1 Å². The van der Waals surface area contributed by atoms with Crippen molar-refractivity contribution >= 4 is 28.0 Å². The van der Waals surface area contributed by atoms with Crippen LogP contribution in [0.5, 0.6) is 0 Å². The van der Waals surface area contributed by atoms with Gasteiger partial charge in [0.15, 0.2) is 5.58 Å². The molecule has 0 saturated carbocycles. The molecule has 3 aromatic rings. The first-order valence-corrected chi connectivity index (χ1v) is 6.65. The first-order valence-electron chi connectivity index (χ1n) is 6.65. The molecule has 0 fully saturated rings. The standard InChI is InChI=1S/C16H10N4O3/c17-9-11(16-19-13-6-2-4-8-15(13)23-16)10-18-12-5-1-3-7-14(12)20(21)22/h1-8,10,18H. The highest BCUT2D eigenvalue weighted by Crippen LogP contribution is 2.25. The van der Waals surface area contributed by atoms with Gasteiger partial charge in [-0.25, -0.2) is 4.98 Å². The van der Waals surface area contributed by atoms with Crippen LogP contribution in [0.3, 0.4) is 0 Å². The van der Waals surface area contributed by atoms with E-state index in [1.165, 1.54) is 12.3 Å². The Morgan fingerprint density at radius 1 is 1.26 bits per heavy atom. The fourth-order valence-electron chi connectivity index (χ4n) is 2.03. The van der Waals surface area contributed by atoms with E-state index in [1.807, 2.05) is 12.1 Å². The molecule has 7 heteroatoms. The fourth-order valence-corrected chi connectivity index (χ4v) is 2.03. The molecule has 0 radical (unpaired) electrons. The molecule has 112 valence electrons. The average Bonchev–Trinajstić information content (AvgIpc) is 2.99. The topological polar surface area (TPSA) is 105 Å². The molecule has 0 amide bonds. The molecule has 0 saturated heterocycles. The Balaban J connectivity index is 1.94. The largest absolute Gasteiger partial charge is 0.435 e. The monoisotopic (exact) mass is 306 g/mol. The molecule has 0 aliphatic carbocycles. The smallest absolute Gasteiger partial charge is 0.292 e. The highest BCUT2D eigenvalue weighted by Gasteiger charge is 2.13. The molecule has 2 aromatic carbocycles. The van der Waals surface area contributed by atoms with Crippen LogP contribution in [-0.2, 0) is 0 Å². The van der Waals surface area contributed by atoms with Crippen LogP contribution in [0, 0.1) is 21.4 Å². The number of hydrogen-bond acceptors (Lipinski definition) is 6. The Kier molecular flexibility index (Phi) is 3.72. The van der Waals surface area contributed by atoms with Gasteiger partial charge in [-0.3, -0.25) is 10.1 Å². The summed E-state index contributed by atoms with van der Waals surface area (Å²) in [6, 6.07) is 15.3. The van der Waals surface area contributed by atoms with Crippen LogP contribution in [0.4, 0.5) is 11.4 Å². The van der Waals surface area contributed by atoms with Crippen LogP contribution >= 0.6 is 0 Å². The van der Waals surface area contributed by atoms with E-state index in [0.717, 1.165) is 0 Å². The lowest BCUT2D eigenvalue weighted by molar-refractivity contribution is -0.383. The second-order valence-corrected chi connectivity index (χ2v) is 4.58. The second-order valence-electron chi connectivity index (χ2n) is 4.58. The van der Waals surface area contributed by atoms with E-state index < -0.39 is 4.92 Å². The van der Waals surface area contributed by atoms with Crippen molar-refractivity contribution in [3.63, 3.8) is 0 Å². The van der Waals surface area contributed by atoms with Crippen LogP contribution in [0.25, 0.3) is 16.7 Å². The van der Waals surface area contributed by atoms with Gasteiger partial charge >= 0.3 is 0 Å². The molecule has 0 atom stereocenters. The molecule has 1 aromatic heterocycles. The van der Waals surface area contributed by atoms with Crippen molar-refractivity contribution in [3.05, 3.63) is 70.7 Å². The molecular formula is C16H10N4O3. The van der Waals surface area contributed by atoms with Gasteiger partial charge in [-0.15, -0.1) is 0 Å². The lowest BCUT2D eigenvalue weighted by Gasteiger charge is -2.02. The van der Waals surface area contributed by atoms with Gasteiger partial charge in [-0.1, -0.05) is 24.3 Å². The van der Waals surface area contributed by atoms with Crippen molar-refractivity contribution < 1.29 is 9.34 Å². The molecule has 0 aliphatic heterocycles. The number of para-hydroxylation sites is 4. The highest BCUT2D eigenvalue weighted by atomic mass is 16.6. The number of rotatable bonds is 4. The Hall–Kier alpha value is -3.66. The lowest BCUT2D eigenvalue weighted by atomic mass is 10.2. The lowest BCUT2D eigenvalue weighted by Crippen LogP contribution is -1.96. The number of fused-ring (bicyclic) bond motifs is 1. The van der Waals surface area contributed by atoms with Crippen molar-refractivity contribution in [1.82, 2.24) is 4.98 Å². The summed E-state index contributed by atoms with van der Waals surface area (Å²) in [5.41, 5.74) is 1.53. The summed E-state index contributed by atoms with van der Waals surface area (Å²) in [7, 11) is 0. The maximum atomic E-state index is 11.0. The number of allylic oxidation sites excluding steroid dienone is 1. The minimum absolute atomic E-state index is 0.0846. The van der Waals surface area contributed by atoms with Crippen molar-refractivity contribution in [2.24, 2.45) is 0 Å².